The lowest BCUT2D eigenvalue weighted by atomic mass is 9.79. The third-order valence-corrected chi connectivity index (χ3v) is 5.15. The van der Waals surface area contributed by atoms with Crippen molar-refractivity contribution in [3.63, 3.8) is 0 Å². The average molecular weight is 325 g/mol. The normalized spacial score (nSPS) is 16.0. The predicted octanol–water partition coefficient (Wildman–Crippen LogP) is 4.39. The van der Waals surface area contributed by atoms with Gasteiger partial charge in [0.2, 0.25) is 5.91 Å². The van der Waals surface area contributed by atoms with Crippen molar-refractivity contribution in [2.75, 3.05) is 6.54 Å². The Morgan fingerprint density at radius 2 is 1.67 bits per heavy atom. The number of carbonyl (C=O) groups excluding carboxylic acids is 1. The molecule has 24 heavy (non-hydrogen) atoms. The molecule has 126 valence electrons. The monoisotopic (exact) mass is 325 g/mol. The number of aryl methyl sites for hydroxylation is 1. The highest BCUT2D eigenvalue weighted by molar-refractivity contribution is 5.76. The first-order valence-electron chi connectivity index (χ1n) is 8.75. The van der Waals surface area contributed by atoms with E-state index in [2.05, 4.69) is 29.6 Å². The minimum atomic E-state index is -0.234. The smallest absolute Gasteiger partial charge is 0.220 e. The van der Waals surface area contributed by atoms with E-state index in [9.17, 15) is 9.18 Å². The van der Waals surface area contributed by atoms with Gasteiger partial charge >= 0.3 is 0 Å². The number of carbonyl (C=O) groups is 1. The van der Waals surface area contributed by atoms with Crippen molar-refractivity contribution < 1.29 is 9.18 Å². The van der Waals surface area contributed by atoms with Gasteiger partial charge in [0.1, 0.15) is 5.82 Å². The quantitative estimate of drug-likeness (QED) is 0.838. The topological polar surface area (TPSA) is 29.1 Å². The molecule has 2 nitrogen and oxygen atoms in total. The summed E-state index contributed by atoms with van der Waals surface area (Å²) in [6, 6.07) is 17.1. The molecule has 1 N–H and O–H groups in total. The van der Waals surface area contributed by atoms with Crippen LogP contribution in [0, 0.1) is 5.82 Å². The molecule has 1 aliphatic rings. The van der Waals surface area contributed by atoms with Crippen LogP contribution in [0.1, 0.15) is 43.2 Å². The zero-order valence-electron chi connectivity index (χ0n) is 13.9. The Kier molecular flexibility index (Phi) is 5.29. The molecule has 0 bridgehead atoms. The first kappa shape index (κ1) is 16.7. The SMILES string of the molecule is O=C(CCc1ccccc1F)NCC1(c2ccccc2)CCCC1. The fraction of sp³-hybridized carbons (Fsp3) is 0.381. The van der Waals surface area contributed by atoms with Crippen LogP contribution in [0.5, 0.6) is 0 Å². The second kappa shape index (κ2) is 7.61. The van der Waals surface area contributed by atoms with Gasteiger partial charge in [0.25, 0.3) is 0 Å². The van der Waals surface area contributed by atoms with E-state index >= 15 is 0 Å². The molecule has 0 aliphatic heterocycles. The van der Waals surface area contributed by atoms with Gasteiger partial charge in [-0.3, -0.25) is 4.79 Å². The maximum atomic E-state index is 13.6. The molecular weight excluding hydrogens is 301 g/mol. The summed E-state index contributed by atoms with van der Waals surface area (Å²) >= 11 is 0. The van der Waals surface area contributed by atoms with Crippen LogP contribution in [0.4, 0.5) is 4.39 Å². The molecule has 0 aromatic heterocycles. The van der Waals surface area contributed by atoms with Crippen molar-refractivity contribution >= 4 is 5.91 Å². The van der Waals surface area contributed by atoms with E-state index < -0.39 is 0 Å². The van der Waals surface area contributed by atoms with E-state index in [1.807, 2.05) is 6.07 Å². The Morgan fingerprint density at radius 3 is 2.38 bits per heavy atom. The van der Waals surface area contributed by atoms with Crippen molar-refractivity contribution in [2.45, 2.75) is 43.9 Å². The maximum Gasteiger partial charge on any atom is 0.220 e. The maximum absolute atomic E-state index is 13.6. The molecule has 1 fully saturated rings. The standard InChI is InChI=1S/C21H24FNO/c22-19-11-5-4-8-17(19)12-13-20(24)23-16-21(14-6-7-15-21)18-9-2-1-3-10-18/h1-5,8-11H,6-7,12-16H2,(H,23,24). The number of amides is 1. The fourth-order valence-electron chi connectivity index (χ4n) is 3.72. The predicted molar refractivity (Wildman–Crippen MR) is 94.3 cm³/mol. The molecule has 0 unspecified atom stereocenters. The highest BCUT2D eigenvalue weighted by Crippen LogP contribution is 2.40. The Bertz CT molecular complexity index is 677. The van der Waals surface area contributed by atoms with Crippen LogP contribution in [0.3, 0.4) is 0 Å². The highest BCUT2D eigenvalue weighted by atomic mass is 19.1. The second-order valence-electron chi connectivity index (χ2n) is 6.72. The van der Waals surface area contributed by atoms with Gasteiger partial charge in [0.05, 0.1) is 0 Å². The lowest BCUT2D eigenvalue weighted by Crippen LogP contribution is -2.39. The third-order valence-electron chi connectivity index (χ3n) is 5.15. The molecule has 0 atom stereocenters. The molecule has 0 spiro atoms. The highest BCUT2D eigenvalue weighted by Gasteiger charge is 2.35. The van der Waals surface area contributed by atoms with Crippen LogP contribution < -0.4 is 5.32 Å². The molecule has 0 radical (unpaired) electrons. The van der Waals surface area contributed by atoms with Crippen molar-refractivity contribution in [2.24, 2.45) is 0 Å². The van der Waals surface area contributed by atoms with Gasteiger partial charge in [0.15, 0.2) is 0 Å². The second-order valence-corrected chi connectivity index (χ2v) is 6.72. The molecule has 1 amide bonds. The molecule has 2 aromatic carbocycles. The minimum Gasteiger partial charge on any atom is -0.355 e. The van der Waals surface area contributed by atoms with Gasteiger partial charge in [-0.2, -0.15) is 0 Å². The molecule has 1 aliphatic carbocycles. The molecular formula is C21H24FNO. The average Bonchev–Trinajstić information content (AvgIpc) is 3.10. The molecule has 3 rings (SSSR count). The van der Waals surface area contributed by atoms with Crippen LogP contribution in [-0.4, -0.2) is 12.5 Å². The molecule has 1 saturated carbocycles. The zero-order chi connectivity index (χ0) is 16.8. The van der Waals surface area contributed by atoms with Crippen LogP contribution in [0.2, 0.25) is 0 Å². The van der Waals surface area contributed by atoms with E-state index in [1.165, 1.54) is 24.5 Å². The summed E-state index contributed by atoms with van der Waals surface area (Å²) in [6.07, 6.45) is 5.41. The fourth-order valence-corrected chi connectivity index (χ4v) is 3.72. The Hall–Kier alpha value is -2.16. The van der Waals surface area contributed by atoms with Gasteiger partial charge in [0, 0.05) is 18.4 Å². The Balaban J connectivity index is 1.57. The van der Waals surface area contributed by atoms with E-state index in [0.29, 0.717) is 24.9 Å². The lowest BCUT2D eigenvalue weighted by Gasteiger charge is -2.30. The van der Waals surface area contributed by atoms with Gasteiger partial charge in [-0.1, -0.05) is 61.4 Å². The first-order valence-corrected chi connectivity index (χ1v) is 8.75. The zero-order valence-corrected chi connectivity index (χ0v) is 13.9. The summed E-state index contributed by atoms with van der Waals surface area (Å²) in [6.45, 7) is 0.674. The summed E-state index contributed by atoms with van der Waals surface area (Å²) < 4.78 is 13.6. The van der Waals surface area contributed by atoms with Crippen molar-refractivity contribution in [3.8, 4) is 0 Å². The molecule has 0 saturated heterocycles. The summed E-state index contributed by atoms with van der Waals surface area (Å²) in [4.78, 5) is 12.2. The van der Waals surface area contributed by atoms with Crippen LogP contribution in [-0.2, 0) is 16.6 Å². The van der Waals surface area contributed by atoms with Gasteiger partial charge in [-0.25, -0.2) is 4.39 Å². The summed E-state index contributed by atoms with van der Waals surface area (Å²) in [5.41, 5.74) is 1.98. The van der Waals surface area contributed by atoms with Crippen LogP contribution in [0.25, 0.3) is 0 Å². The number of benzene rings is 2. The van der Waals surface area contributed by atoms with Gasteiger partial charge in [-0.15, -0.1) is 0 Å². The Morgan fingerprint density at radius 1 is 1.00 bits per heavy atom. The molecule has 3 heteroatoms. The van der Waals surface area contributed by atoms with Crippen LogP contribution in [0.15, 0.2) is 54.6 Å². The number of nitrogens with one attached hydrogen (secondary N) is 1. The number of hydrogen-bond acceptors (Lipinski definition) is 1. The van der Waals surface area contributed by atoms with Gasteiger partial charge in [-0.05, 0) is 36.5 Å². The number of halogens is 1. The molecule has 2 aromatic rings. The minimum absolute atomic E-state index is 0.000425. The van der Waals surface area contributed by atoms with E-state index in [-0.39, 0.29) is 17.1 Å². The van der Waals surface area contributed by atoms with E-state index in [0.717, 1.165) is 12.8 Å². The lowest BCUT2D eigenvalue weighted by molar-refractivity contribution is -0.121. The Labute approximate surface area is 143 Å². The van der Waals surface area contributed by atoms with Gasteiger partial charge < -0.3 is 5.32 Å². The third kappa shape index (κ3) is 3.84. The van der Waals surface area contributed by atoms with Crippen molar-refractivity contribution in [1.82, 2.24) is 5.32 Å². The summed E-state index contributed by atoms with van der Waals surface area (Å²) in [5.74, 6) is -0.234. The van der Waals surface area contributed by atoms with E-state index in [4.69, 9.17) is 0 Å². The molecule has 0 heterocycles. The van der Waals surface area contributed by atoms with Crippen LogP contribution >= 0.6 is 0 Å². The van der Waals surface area contributed by atoms with E-state index in [1.54, 1.807) is 18.2 Å². The number of hydrogen-bond donors (Lipinski definition) is 1. The largest absolute Gasteiger partial charge is 0.355 e. The van der Waals surface area contributed by atoms with Crippen molar-refractivity contribution in [1.29, 1.82) is 0 Å². The van der Waals surface area contributed by atoms with Crippen molar-refractivity contribution in [3.05, 3.63) is 71.5 Å². The first-order chi connectivity index (χ1) is 11.7. The number of rotatable bonds is 6. The summed E-state index contributed by atoms with van der Waals surface area (Å²) in [5, 5.41) is 3.09. The summed E-state index contributed by atoms with van der Waals surface area (Å²) in [7, 11) is 0.